The monoisotopic (exact) mass is 433 g/mol. The van der Waals surface area contributed by atoms with Crippen LogP contribution in [-0.2, 0) is 5.41 Å². The highest BCUT2D eigenvalue weighted by atomic mass is 19.3. The molecule has 0 saturated heterocycles. The fourth-order valence-corrected chi connectivity index (χ4v) is 4.40. The molecule has 1 saturated carbocycles. The molecule has 4 rings (SSSR count). The Morgan fingerprint density at radius 2 is 1.87 bits per heavy atom. The van der Waals surface area contributed by atoms with E-state index in [4.69, 9.17) is 14.2 Å². The van der Waals surface area contributed by atoms with Gasteiger partial charge in [-0.2, -0.15) is 8.78 Å². The van der Waals surface area contributed by atoms with Crippen LogP contribution in [0.1, 0.15) is 41.6 Å². The Balaban J connectivity index is 1.56. The van der Waals surface area contributed by atoms with Crippen LogP contribution in [-0.4, -0.2) is 39.4 Å². The summed E-state index contributed by atoms with van der Waals surface area (Å²) < 4.78 is 46.8. The third kappa shape index (κ3) is 4.38. The van der Waals surface area contributed by atoms with Gasteiger partial charge in [-0.3, -0.25) is 4.79 Å². The van der Waals surface area contributed by atoms with E-state index in [0.717, 1.165) is 37.0 Å². The third-order valence-corrected chi connectivity index (χ3v) is 5.95. The fraction of sp³-hybridized carbons (Fsp3) is 0.435. The number of amides is 1. The van der Waals surface area contributed by atoms with Gasteiger partial charge in [-0.15, -0.1) is 0 Å². The summed E-state index contributed by atoms with van der Waals surface area (Å²) in [6.45, 7) is -1.67. The summed E-state index contributed by atoms with van der Waals surface area (Å²) in [5.41, 5.74) is 0.827. The van der Waals surface area contributed by atoms with E-state index in [9.17, 15) is 13.6 Å². The van der Waals surface area contributed by atoms with Crippen LogP contribution in [0.3, 0.4) is 0 Å². The molecular formula is C23H25F2NO5. The zero-order valence-corrected chi connectivity index (χ0v) is 17.3. The number of alkyl halides is 2. The number of carbonyl (C=O) groups excluding carboxylic acids is 1. The number of nitrogens with one attached hydrogen (secondary N) is 1. The first-order valence-corrected chi connectivity index (χ1v) is 10.3. The molecule has 2 aliphatic rings. The van der Waals surface area contributed by atoms with E-state index in [1.54, 1.807) is 6.07 Å². The summed E-state index contributed by atoms with van der Waals surface area (Å²) >= 11 is 0. The van der Waals surface area contributed by atoms with Gasteiger partial charge in [0.15, 0.2) is 23.0 Å². The molecule has 0 radical (unpaired) electrons. The molecule has 0 unspecified atom stereocenters. The number of halogens is 2. The topological polar surface area (TPSA) is 66.0 Å². The lowest BCUT2D eigenvalue weighted by molar-refractivity contribution is -0.0515. The summed E-state index contributed by atoms with van der Waals surface area (Å²) in [4.78, 5) is 12.9. The lowest BCUT2D eigenvalue weighted by atomic mass is 9.78. The van der Waals surface area contributed by atoms with Crippen LogP contribution >= 0.6 is 0 Å². The van der Waals surface area contributed by atoms with E-state index in [1.807, 2.05) is 18.2 Å². The Morgan fingerprint density at radius 3 is 2.58 bits per heavy atom. The van der Waals surface area contributed by atoms with Crippen molar-refractivity contribution in [3.63, 3.8) is 0 Å². The van der Waals surface area contributed by atoms with Crippen molar-refractivity contribution in [3.8, 4) is 23.0 Å². The minimum atomic E-state index is -3.07. The molecule has 0 spiro atoms. The zero-order chi connectivity index (χ0) is 21.8. The van der Waals surface area contributed by atoms with Crippen LogP contribution in [0, 0.1) is 0 Å². The first-order valence-electron chi connectivity index (χ1n) is 10.3. The number of benzene rings is 2. The second kappa shape index (κ2) is 8.99. The molecule has 2 aromatic rings. The van der Waals surface area contributed by atoms with Crippen molar-refractivity contribution >= 4 is 5.91 Å². The van der Waals surface area contributed by atoms with Gasteiger partial charge < -0.3 is 24.3 Å². The number of carbonyl (C=O) groups is 1. The van der Waals surface area contributed by atoms with Crippen molar-refractivity contribution in [2.75, 3.05) is 26.9 Å². The van der Waals surface area contributed by atoms with Gasteiger partial charge in [-0.25, -0.2) is 0 Å². The van der Waals surface area contributed by atoms with Gasteiger partial charge in [-0.1, -0.05) is 25.0 Å². The Bertz CT molecular complexity index is 944. The van der Waals surface area contributed by atoms with Crippen LogP contribution in [0.15, 0.2) is 36.4 Å². The average molecular weight is 433 g/mol. The summed E-state index contributed by atoms with van der Waals surface area (Å²) in [7, 11) is 1.34. The molecule has 0 aromatic heterocycles. The smallest absolute Gasteiger partial charge is 0.387 e. The molecule has 6 nitrogen and oxygen atoms in total. The summed E-state index contributed by atoms with van der Waals surface area (Å²) in [5, 5.41) is 2.93. The van der Waals surface area contributed by atoms with Gasteiger partial charge in [-0.05, 0) is 42.7 Å². The average Bonchev–Trinajstić information content (AvgIpc) is 3.27. The van der Waals surface area contributed by atoms with Crippen molar-refractivity contribution in [1.29, 1.82) is 0 Å². The number of hydrogen-bond donors (Lipinski definition) is 1. The van der Waals surface area contributed by atoms with E-state index in [2.05, 4.69) is 10.1 Å². The van der Waals surface area contributed by atoms with Gasteiger partial charge >= 0.3 is 6.61 Å². The van der Waals surface area contributed by atoms with Gasteiger partial charge in [0.2, 0.25) is 0 Å². The summed E-state index contributed by atoms with van der Waals surface area (Å²) in [5.74, 6) is 0.755. The standard InChI is InChI=1S/C23H25F2NO5/c1-28-18-6-4-5-16(20(18)31-22(24)25)21(27)26-14-23(9-2-3-10-23)15-7-8-17-19(13-15)30-12-11-29-17/h4-8,13,22H,2-3,9-12,14H2,1H3,(H,26,27). The highest BCUT2D eigenvalue weighted by Crippen LogP contribution is 2.44. The Labute approximate surface area is 179 Å². The molecule has 2 aromatic carbocycles. The second-order valence-corrected chi connectivity index (χ2v) is 7.74. The van der Waals surface area contributed by atoms with Crippen molar-refractivity contribution in [2.24, 2.45) is 0 Å². The van der Waals surface area contributed by atoms with Gasteiger partial charge in [0.25, 0.3) is 5.91 Å². The lowest BCUT2D eigenvalue weighted by Gasteiger charge is -2.31. The number of rotatable bonds is 7. The van der Waals surface area contributed by atoms with E-state index < -0.39 is 12.5 Å². The van der Waals surface area contributed by atoms with Crippen LogP contribution in [0.5, 0.6) is 23.0 Å². The predicted molar refractivity (Wildman–Crippen MR) is 110 cm³/mol. The van der Waals surface area contributed by atoms with Gasteiger partial charge in [0.1, 0.15) is 13.2 Å². The van der Waals surface area contributed by atoms with E-state index in [0.29, 0.717) is 25.5 Å². The Kier molecular flexibility index (Phi) is 6.15. The SMILES string of the molecule is COc1cccc(C(=O)NCC2(c3ccc4c(c3)OCCO4)CCCC2)c1OC(F)F. The molecule has 166 valence electrons. The molecule has 8 heteroatoms. The number of methoxy groups -OCH3 is 1. The Hall–Kier alpha value is -3.03. The van der Waals surface area contributed by atoms with Crippen LogP contribution < -0.4 is 24.3 Å². The number of hydrogen-bond acceptors (Lipinski definition) is 5. The number of para-hydroxylation sites is 1. The predicted octanol–water partition coefficient (Wildman–Crippen LogP) is 4.31. The van der Waals surface area contributed by atoms with Crippen LogP contribution in [0.4, 0.5) is 8.78 Å². The zero-order valence-electron chi connectivity index (χ0n) is 17.3. The van der Waals surface area contributed by atoms with Crippen LogP contribution in [0.25, 0.3) is 0 Å². The maximum absolute atomic E-state index is 12.9. The quantitative estimate of drug-likeness (QED) is 0.705. The van der Waals surface area contributed by atoms with Gasteiger partial charge in [0.05, 0.1) is 12.7 Å². The molecule has 1 heterocycles. The first kappa shape index (κ1) is 21.2. The first-order chi connectivity index (χ1) is 15.0. The molecular weight excluding hydrogens is 408 g/mol. The summed E-state index contributed by atoms with van der Waals surface area (Å²) in [6.07, 6.45) is 3.91. The van der Waals surface area contributed by atoms with Crippen molar-refractivity contribution in [2.45, 2.75) is 37.7 Å². The van der Waals surface area contributed by atoms with Crippen molar-refractivity contribution in [1.82, 2.24) is 5.32 Å². The maximum Gasteiger partial charge on any atom is 0.387 e. The Morgan fingerprint density at radius 1 is 1.13 bits per heavy atom. The minimum absolute atomic E-state index is 0.00923. The van der Waals surface area contributed by atoms with Crippen molar-refractivity contribution in [3.05, 3.63) is 47.5 Å². The molecule has 0 bridgehead atoms. The highest BCUT2D eigenvalue weighted by molar-refractivity contribution is 5.97. The number of fused-ring (bicyclic) bond motifs is 1. The third-order valence-electron chi connectivity index (χ3n) is 5.95. The fourth-order valence-electron chi connectivity index (χ4n) is 4.40. The van der Waals surface area contributed by atoms with E-state index >= 15 is 0 Å². The largest absolute Gasteiger partial charge is 0.493 e. The molecule has 1 amide bonds. The molecule has 1 N–H and O–H groups in total. The summed E-state index contributed by atoms with van der Waals surface area (Å²) in [6, 6.07) is 10.4. The highest BCUT2D eigenvalue weighted by Gasteiger charge is 2.37. The van der Waals surface area contributed by atoms with Gasteiger partial charge in [0, 0.05) is 12.0 Å². The lowest BCUT2D eigenvalue weighted by Crippen LogP contribution is -2.39. The maximum atomic E-state index is 12.9. The van der Waals surface area contributed by atoms with Crippen molar-refractivity contribution < 1.29 is 32.5 Å². The van der Waals surface area contributed by atoms with E-state index in [-0.39, 0.29) is 22.5 Å². The minimum Gasteiger partial charge on any atom is -0.493 e. The van der Waals surface area contributed by atoms with E-state index in [1.165, 1.54) is 19.2 Å². The second-order valence-electron chi connectivity index (χ2n) is 7.74. The molecule has 1 aliphatic heterocycles. The molecule has 1 fully saturated rings. The number of ether oxygens (including phenoxy) is 4. The molecule has 1 aliphatic carbocycles. The normalized spacial score (nSPS) is 16.8. The molecule has 0 atom stereocenters. The van der Waals surface area contributed by atoms with Crippen LogP contribution in [0.2, 0.25) is 0 Å². The molecule has 31 heavy (non-hydrogen) atoms.